The molecule has 0 saturated heterocycles. The fourth-order valence-electron chi connectivity index (χ4n) is 2.61. The van der Waals surface area contributed by atoms with E-state index in [4.69, 9.17) is 0 Å². The molecule has 5 nitrogen and oxygen atoms in total. The van der Waals surface area contributed by atoms with Crippen LogP contribution in [-0.4, -0.2) is 27.2 Å². The molecular formula is C19H19F3N4OS. The summed E-state index contributed by atoms with van der Waals surface area (Å²) >= 11 is 1.65. The first-order valence-electron chi connectivity index (χ1n) is 8.75. The van der Waals surface area contributed by atoms with E-state index < -0.39 is 11.9 Å². The van der Waals surface area contributed by atoms with Crippen LogP contribution in [0.25, 0.3) is 5.69 Å². The fourth-order valence-corrected chi connectivity index (χ4v) is 3.43. The van der Waals surface area contributed by atoms with Crippen LogP contribution in [0, 0.1) is 6.92 Å². The van der Waals surface area contributed by atoms with Crippen LogP contribution in [0.1, 0.15) is 39.6 Å². The molecule has 0 radical (unpaired) electrons. The number of thiazole rings is 1. The molecule has 2 aromatic heterocycles. The van der Waals surface area contributed by atoms with Crippen LogP contribution in [0.3, 0.4) is 0 Å². The highest BCUT2D eigenvalue weighted by molar-refractivity contribution is 7.09. The zero-order valence-electron chi connectivity index (χ0n) is 15.2. The lowest BCUT2D eigenvalue weighted by Crippen LogP contribution is -2.24. The highest BCUT2D eigenvalue weighted by Gasteiger charge is 2.33. The summed E-state index contributed by atoms with van der Waals surface area (Å²) in [4.78, 5) is 16.6. The van der Waals surface area contributed by atoms with Gasteiger partial charge in [-0.05, 0) is 56.5 Å². The number of benzene rings is 1. The number of carbonyl (C=O) groups is 1. The third kappa shape index (κ3) is 5.19. The molecule has 2 heterocycles. The zero-order chi connectivity index (χ0) is 20.1. The second-order valence-electron chi connectivity index (χ2n) is 6.29. The lowest BCUT2D eigenvalue weighted by Gasteiger charge is -2.07. The zero-order valence-corrected chi connectivity index (χ0v) is 16.0. The molecule has 0 saturated carbocycles. The van der Waals surface area contributed by atoms with Crippen molar-refractivity contribution in [3.63, 3.8) is 0 Å². The molecule has 1 amide bonds. The Bertz CT molecular complexity index is 931. The van der Waals surface area contributed by atoms with E-state index in [9.17, 15) is 18.0 Å². The van der Waals surface area contributed by atoms with Crippen LogP contribution >= 0.6 is 11.3 Å². The van der Waals surface area contributed by atoms with Crippen molar-refractivity contribution in [1.82, 2.24) is 20.1 Å². The van der Waals surface area contributed by atoms with Gasteiger partial charge in [0, 0.05) is 29.4 Å². The Morgan fingerprint density at radius 1 is 1.18 bits per heavy atom. The van der Waals surface area contributed by atoms with Gasteiger partial charge in [0.1, 0.15) is 0 Å². The first-order valence-corrected chi connectivity index (χ1v) is 9.63. The summed E-state index contributed by atoms with van der Waals surface area (Å²) in [6.45, 7) is 2.52. The highest BCUT2D eigenvalue weighted by Crippen LogP contribution is 2.27. The second-order valence-corrected chi connectivity index (χ2v) is 7.23. The van der Waals surface area contributed by atoms with Crippen LogP contribution in [-0.2, 0) is 12.6 Å². The van der Waals surface area contributed by atoms with E-state index in [2.05, 4.69) is 15.4 Å². The Morgan fingerprint density at radius 3 is 2.54 bits per heavy atom. The molecule has 28 heavy (non-hydrogen) atoms. The average molecular weight is 408 g/mol. The second kappa shape index (κ2) is 8.55. The van der Waals surface area contributed by atoms with Gasteiger partial charge in [0.05, 0.1) is 10.7 Å². The Balaban J connectivity index is 1.47. The number of aromatic nitrogens is 3. The maximum absolute atomic E-state index is 12.6. The first kappa shape index (κ1) is 20.1. The molecule has 0 unspecified atom stereocenters. The molecule has 0 bridgehead atoms. The van der Waals surface area contributed by atoms with E-state index in [1.165, 1.54) is 6.20 Å². The van der Waals surface area contributed by atoms with Gasteiger partial charge in [-0.1, -0.05) is 0 Å². The number of aryl methyl sites for hydroxylation is 2. The summed E-state index contributed by atoms with van der Waals surface area (Å²) in [5.74, 6) is -0.215. The molecule has 148 valence electrons. The number of amides is 1. The minimum atomic E-state index is -4.48. The summed E-state index contributed by atoms with van der Waals surface area (Å²) in [6, 6.07) is 7.17. The van der Waals surface area contributed by atoms with Crippen molar-refractivity contribution in [3.05, 3.63) is 63.9 Å². The number of nitrogens with zero attached hydrogens (tertiary/aromatic N) is 3. The molecule has 0 aliphatic carbocycles. The summed E-state index contributed by atoms with van der Waals surface area (Å²) in [6.07, 6.45) is -0.568. The third-order valence-corrected chi connectivity index (χ3v) is 5.07. The van der Waals surface area contributed by atoms with Gasteiger partial charge in [0.2, 0.25) is 0 Å². The topological polar surface area (TPSA) is 59.8 Å². The average Bonchev–Trinajstić information content (AvgIpc) is 3.30. The van der Waals surface area contributed by atoms with E-state index >= 15 is 0 Å². The number of hydrogen-bond acceptors (Lipinski definition) is 4. The van der Waals surface area contributed by atoms with Crippen LogP contribution in [0.2, 0.25) is 0 Å². The minimum absolute atomic E-state index is 0.215. The maximum Gasteiger partial charge on any atom is 0.435 e. The normalized spacial score (nSPS) is 11.6. The summed E-state index contributed by atoms with van der Waals surface area (Å²) in [7, 11) is 0. The van der Waals surface area contributed by atoms with Crippen molar-refractivity contribution in [1.29, 1.82) is 0 Å². The van der Waals surface area contributed by atoms with Crippen molar-refractivity contribution in [2.45, 2.75) is 32.4 Å². The molecule has 1 N–H and O–H groups in total. The molecule has 0 spiro atoms. The van der Waals surface area contributed by atoms with E-state index in [1.807, 2.05) is 12.3 Å². The molecule has 9 heteroatoms. The van der Waals surface area contributed by atoms with E-state index in [0.29, 0.717) is 17.8 Å². The first-order chi connectivity index (χ1) is 13.3. The Labute approximate surface area is 164 Å². The van der Waals surface area contributed by atoms with Crippen LogP contribution in [0.5, 0.6) is 0 Å². The molecule has 3 aromatic rings. The van der Waals surface area contributed by atoms with E-state index in [0.717, 1.165) is 40.7 Å². The summed E-state index contributed by atoms with van der Waals surface area (Å²) in [5.41, 5.74) is 0.969. The molecule has 3 rings (SSSR count). The lowest BCUT2D eigenvalue weighted by atomic mass is 10.2. The number of alkyl halides is 3. The molecule has 0 fully saturated rings. The number of carbonyl (C=O) groups excluding carboxylic acids is 1. The van der Waals surface area contributed by atoms with Crippen LogP contribution in [0.15, 0.2) is 41.9 Å². The van der Waals surface area contributed by atoms with E-state index in [1.54, 1.807) is 35.6 Å². The fraction of sp³-hybridized carbons (Fsp3) is 0.316. The molecule has 0 aliphatic rings. The molecule has 1 aromatic carbocycles. The molecule has 0 atom stereocenters. The summed E-state index contributed by atoms with van der Waals surface area (Å²) < 4.78 is 39.0. The predicted octanol–water partition coefficient (Wildman–Crippen LogP) is 4.41. The van der Waals surface area contributed by atoms with Crippen LogP contribution in [0.4, 0.5) is 13.2 Å². The monoisotopic (exact) mass is 408 g/mol. The molecular weight excluding hydrogens is 389 g/mol. The number of hydrogen-bond donors (Lipinski definition) is 1. The Hall–Kier alpha value is -2.68. The van der Waals surface area contributed by atoms with Gasteiger partial charge in [-0.25, -0.2) is 9.67 Å². The largest absolute Gasteiger partial charge is 0.435 e. The highest BCUT2D eigenvalue weighted by atomic mass is 32.1. The van der Waals surface area contributed by atoms with Crippen molar-refractivity contribution in [2.75, 3.05) is 6.54 Å². The number of unbranched alkanes of at least 4 members (excludes halogenated alkanes) is 1. The van der Waals surface area contributed by atoms with Crippen molar-refractivity contribution in [3.8, 4) is 5.69 Å². The maximum atomic E-state index is 12.6. The minimum Gasteiger partial charge on any atom is -0.352 e. The van der Waals surface area contributed by atoms with Crippen molar-refractivity contribution >= 4 is 17.2 Å². The van der Waals surface area contributed by atoms with Gasteiger partial charge in [-0.15, -0.1) is 11.3 Å². The van der Waals surface area contributed by atoms with Crippen molar-refractivity contribution < 1.29 is 18.0 Å². The van der Waals surface area contributed by atoms with Gasteiger partial charge < -0.3 is 5.32 Å². The van der Waals surface area contributed by atoms with Gasteiger partial charge in [-0.2, -0.15) is 18.3 Å². The van der Waals surface area contributed by atoms with E-state index in [-0.39, 0.29) is 5.91 Å². The van der Waals surface area contributed by atoms with Gasteiger partial charge in [0.25, 0.3) is 5.91 Å². The third-order valence-electron chi connectivity index (χ3n) is 4.04. The summed E-state index contributed by atoms with van der Waals surface area (Å²) in [5, 5.41) is 9.48. The Morgan fingerprint density at radius 2 is 1.93 bits per heavy atom. The number of rotatable bonds is 7. The smallest absolute Gasteiger partial charge is 0.352 e. The van der Waals surface area contributed by atoms with Crippen molar-refractivity contribution in [2.24, 2.45) is 0 Å². The van der Waals surface area contributed by atoms with Gasteiger partial charge >= 0.3 is 6.18 Å². The number of halogens is 3. The Kier molecular flexibility index (Phi) is 6.13. The van der Waals surface area contributed by atoms with Crippen LogP contribution < -0.4 is 5.32 Å². The lowest BCUT2D eigenvalue weighted by molar-refractivity contribution is -0.141. The standard InChI is InChI=1S/C19H19F3N4OS/c1-13-12-28-17(24-13)4-2-3-10-23-18(27)14-5-7-15(8-6-14)26-11-9-16(25-26)19(20,21)22/h5-9,11-12H,2-4,10H2,1H3,(H,23,27). The number of nitrogens with one attached hydrogen (secondary N) is 1. The van der Waals surface area contributed by atoms with Gasteiger partial charge in [0.15, 0.2) is 5.69 Å². The molecule has 0 aliphatic heterocycles. The predicted molar refractivity (Wildman–Crippen MR) is 101 cm³/mol. The SMILES string of the molecule is Cc1csc(CCCCNC(=O)c2ccc(-n3ccc(C(F)(F)F)n3)cc2)n1. The quantitative estimate of drug-likeness (QED) is 0.589. The van der Waals surface area contributed by atoms with Gasteiger partial charge in [-0.3, -0.25) is 4.79 Å².